The number of ether oxygens (including phenoxy) is 2. The van der Waals surface area contributed by atoms with Gasteiger partial charge in [0, 0.05) is 20.3 Å². The highest BCUT2D eigenvalue weighted by Gasteiger charge is 2.20. The van der Waals surface area contributed by atoms with Crippen molar-refractivity contribution in [2.45, 2.75) is 26.4 Å². The van der Waals surface area contributed by atoms with Crippen molar-refractivity contribution in [3.63, 3.8) is 0 Å². The van der Waals surface area contributed by atoms with Crippen molar-refractivity contribution in [3.05, 3.63) is 35.8 Å². The number of aromatic nitrogens is 2. The molecule has 27 heavy (non-hydrogen) atoms. The van der Waals surface area contributed by atoms with Crippen LogP contribution in [0.2, 0.25) is 0 Å². The van der Waals surface area contributed by atoms with E-state index in [9.17, 15) is 14.4 Å². The number of aryl methyl sites for hydroxylation is 1. The number of amides is 2. The summed E-state index contributed by atoms with van der Waals surface area (Å²) in [4.78, 5) is 36.1. The SMILES string of the molecule is COC(=O)c1cc(NC(=O)c2ccc(NC(=O)OC(C)(C)C)n2C)cn1C. The summed E-state index contributed by atoms with van der Waals surface area (Å²) in [6, 6.07) is 4.70. The number of carbonyl (C=O) groups is 3. The third-order valence-electron chi connectivity index (χ3n) is 3.64. The molecule has 0 saturated heterocycles. The Morgan fingerprint density at radius 2 is 1.70 bits per heavy atom. The summed E-state index contributed by atoms with van der Waals surface area (Å²) >= 11 is 0. The lowest BCUT2D eigenvalue weighted by molar-refractivity contribution is 0.0587. The molecular formula is C18H24N4O5. The molecule has 0 radical (unpaired) electrons. The summed E-state index contributed by atoms with van der Waals surface area (Å²) < 4.78 is 13.0. The second-order valence-corrected chi connectivity index (χ2v) is 6.96. The van der Waals surface area contributed by atoms with Crippen molar-refractivity contribution in [2.75, 3.05) is 17.7 Å². The number of carbonyl (C=O) groups excluding carboxylic acids is 3. The van der Waals surface area contributed by atoms with Crippen molar-refractivity contribution in [1.29, 1.82) is 0 Å². The van der Waals surface area contributed by atoms with E-state index in [1.807, 2.05) is 0 Å². The quantitative estimate of drug-likeness (QED) is 0.799. The zero-order valence-electron chi connectivity index (χ0n) is 16.2. The van der Waals surface area contributed by atoms with Gasteiger partial charge in [0.25, 0.3) is 5.91 Å². The number of hydrogen-bond acceptors (Lipinski definition) is 5. The first-order valence-electron chi connectivity index (χ1n) is 8.23. The zero-order chi connectivity index (χ0) is 20.4. The van der Waals surface area contributed by atoms with Crippen molar-refractivity contribution in [1.82, 2.24) is 9.13 Å². The monoisotopic (exact) mass is 376 g/mol. The maximum Gasteiger partial charge on any atom is 0.413 e. The molecule has 0 aromatic carbocycles. The summed E-state index contributed by atoms with van der Waals surface area (Å²) in [5.41, 5.74) is 0.461. The van der Waals surface area contributed by atoms with Crippen LogP contribution in [0.3, 0.4) is 0 Å². The molecule has 2 heterocycles. The topological polar surface area (TPSA) is 104 Å². The molecule has 9 nitrogen and oxygen atoms in total. The van der Waals surface area contributed by atoms with Gasteiger partial charge in [0.05, 0.1) is 12.8 Å². The van der Waals surface area contributed by atoms with Crippen molar-refractivity contribution in [3.8, 4) is 0 Å². The van der Waals surface area contributed by atoms with Gasteiger partial charge in [-0.2, -0.15) is 0 Å². The van der Waals surface area contributed by atoms with Gasteiger partial charge in [-0.05, 0) is 39.0 Å². The summed E-state index contributed by atoms with van der Waals surface area (Å²) in [7, 11) is 4.61. The Bertz CT molecular complexity index is 873. The second-order valence-electron chi connectivity index (χ2n) is 6.96. The van der Waals surface area contributed by atoms with Crippen LogP contribution in [0.25, 0.3) is 0 Å². The smallest absolute Gasteiger partial charge is 0.413 e. The molecule has 2 amide bonds. The van der Waals surface area contributed by atoms with Gasteiger partial charge < -0.3 is 23.9 Å². The molecule has 2 N–H and O–H groups in total. The largest absolute Gasteiger partial charge is 0.464 e. The second kappa shape index (κ2) is 7.56. The molecule has 9 heteroatoms. The van der Waals surface area contributed by atoms with Crippen molar-refractivity contribution >= 4 is 29.5 Å². The molecule has 0 saturated carbocycles. The lowest BCUT2D eigenvalue weighted by atomic mass is 10.2. The third-order valence-corrected chi connectivity index (χ3v) is 3.64. The summed E-state index contributed by atoms with van der Waals surface area (Å²) in [5, 5.41) is 5.31. The highest BCUT2D eigenvalue weighted by atomic mass is 16.6. The first kappa shape index (κ1) is 20.1. The van der Waals surface area contributed by atoms with Gasteiger partial charge in [0.15, 0.2) is 0 Å². The number of anilines is 2. The molecule has 0 atom stereocenters. The zero-order valence-corrected chi connectivity index (χ0v) is 16.2. The molecule has 0 aliphatic rings. The first-order valence-corrected chi connectivity index (χ1v) is 8.23. The van der Waals surface area contributed by atoms with E-state index in [2.05, 4.69) is 15.4 Å². The van der Waals surface area contributed by atoms with E-state index >= 15 is 0 Å². The normalized spacial score (nSPS) is 11.0. The number of nitrogens with zero attached hydrogens (tertiary/aromatic N) is 2. The van der Waals surface area contributed by atoms with Gasteiger partial charge in [-0.25, -0.2) is 9.59 Å². The van der Waals surface area contributed by atoms with E-state index in [-0.39, 0.29) is 0 Å². The number of esters is 1. The minimum atomic E-state index is -0.625. The fourth-order valence-corrected chi connectivity index (χ4v) is 2.41. The van der Waals surface area contributed by atoms with E-state index in [4.69, 9.17) is 4.74 Å². The maximum atomic E-state index is 12.5. The van der Waals surface area contributed by atoms with Gasteiger partial charge in [-0.15, -0.1) is 0 Å². The van der Waals surface area contributed by atoms with Crippen LogP contribution in [0.5, 0.6) is 0 Å². The van der Waals surface area contributed by atoms with E-state index in [1.54, 1.807) is 57.8 Å². The van der Waals surface area contributed by atoms with Gasteiger partial charge in [0.2, 0.25) is 0 Å². The molecule has 146 valence electrons. The minimum Gasteiger partial charge on any atom is -0.464 e. The van der Waals surface area contributed by atoms with Crippen LogP contribution in [0.1, 0.15) is 41.7 Å². The fourth-order valence-electron chi connectivity index (χ4n) is 2.41. The predicted molar refractivity (Wildman–Crippen MR) is 100.0 cm³/mol. The highest BCUT2D eigenvalue weighted by molar-refractivity contribution is 6.04. The Kier molecular flexibility index (Phi) is 5.63. The molecule has 0 aliphatic carbocycles. The Labute approximate surface area is 157 Å². The highest BCUT2D eigenvalue weighted by Crippen LogP contribution is 2.18. The van der Waals surface area contributed by atoms with E-state index < -0.39 is 23.6 Å². The lowest BCUT2D eigenvalue weighted by Crippen LogP contribution is -2.28. The summed E-state index contributed by atoms with van der Waals surface area (Å²) in [6.45, 7) is 5.29. The van der Waals surface area contributed by atoms with Crippen LogP contribution in [-0.4, -0.2) is 39.8 Å². The van der Waals surface area contributed by atoms with Crippen LogP contribution >= 0.6 is 0 Å². The van der Waals surface area contributed by atoms with Gasteiger partial charge in [-0.1, -0.05) is 0 Å². The van der Waals surface area contributed by atoms with Gasteiger partial charge in [-0.3, -0.25) is 10.1 Å². The summed E-state index contributed by atoms with van der Waals surface area (Å²) in [5.74, 6) is -0.477. The Morgan fingerprint density at radius 3 is 2.30 bits per heavy atom. The lowest BCUT2D eigenvalue weighted by Gasteiger charge is -2.19. The predicted octanol–water partition coefficient (Wildman–Crippen LogP) is 2.75. The Hall–Kier alpha value is -3.23. The minimum absolute atomic E-state index is 0.312. The molecular weight excluding hydrogens is 352 g/mol. The molecule has 0 bridgehead atoms. The maximum absolute atomic E-state index is 12.5. The van der Waals surface area contributed by atoms with E-state index in [0.29, 0.717) is 22.9 Å². The van der Waals surface area contributed by atoms with Crippen LogP contribution in [0.15, 0.2) is 24.4 Å². The van der Waals surface area contributed by atoms with Crippen LogP contribution < -0.4 is 10.6 Å². The number of rotatable bonds is 4. The van der Waals surface area contributed by atoms with Crippen LogP contribution in [0.4, 0.5) is 16.3 Å². The number of nitrogens with one attached hydrogen (secondary N) is 2. The van der Waals surface area contributed by atoms with Gasteiger partial charge in [0.1, 0.15) is 22.8 Å². The van der Waals surface area contributed by atoms with Gasteiger partial charge >= 0.3 is 12.1 Å². The van der Waals surface area contributed by atoms with Crippen LogP contribution in [-0.2, 0) is 23.6 Å². The first-order chi connectivity index (χ1) is 12.5. The van der Waals surface area contributed by atoms with E-state index in [0.717, 1.165) is 0 Å². The molecule has 0 fully saturated rings. The molecule has 2 aromatic heterocycles. The number of methoxy groups -OCH3 is 1. The molecule has 2 rings (SSSR count). The fraction of sp³-hybridized carbons (Fsp3) is 0.389. The van der Waals surface area contributed by atoms with Crippen LogP contribution in [0, 0.1) is 0 Å². The average Bonchev–Trinajstić information content (AvgIpc) is 3.08. The molecule has 2 aromatic rings. The molecule has 0 aliphatic heterocycles. The molecule has 0 spiro atoms. The Morgan fingerprint density at radius 1 is 1.04 bits per heavy atom. The number of hydrogen-bond donors (Lipinski definition) is 2. The average molecular weight is 376 g/mol. The van der Waals surface area contributed by atoms with E-state index in [1.165, 1.54) is 17.7 Å². The third kappa shape index (κ3) is 4.90. The Balaban J connectivity index is 2.11. The summed E-state index contributed by atoms with van der Waals surface area (Å²) in [6.07, 6.45) is 0.994. The standard InChI is InChI=1S/C18H24N4O5/c1-18(2,3)27-17(25)20-14-8-7-12(22(14)5)15(23)19-11-9-13(16(24)26-6)21(4)10-11/h7-10H,1-6H3,(H,19,23)(H,20,25). The molecule has 0 unspecified atom stereocenters. The van der Waals surface area contributed by atoms with Crippen molar-refractivity contribution < 1.29 is 23.9 Å². The van der Waals surface area contributed by atoms with Crippen molar-refractivity contribution in [2.24, 2.45) is 14.1 Å².